The molecule has 0 fully saturated rings. The van der Waals surface area contributed by atoms with Crippen LogP contribution in [0, 0.1) is 6.57 Å². The molecule has 0 aromatic heterocycles. The molecule has 0 atom stereocenters. The van der Waals surface area contributed by atoms with Gasteiger partial charge in [-0.3, -0.25) is 4.79 Å². The number of rotatable bonds is 4. The van der Waals surface area contributed by atoms with Gasteiger partial charge in [0.05, 0.1) is 0 Å². The van der Waals surface area contributed by atoms with Crippen LogP contribution in [0.5, 0.6) is 0 Å². The minimum absolute atomic E-state index is 0.0470. The van der Waals surface area contributed by atoms with Gasteiger partial charge in [0.1, 0.15) is 0 Å². The number of likely N-dealkylation sites (N-methyl/N-ethyl adjacent to an activating group) is 1. The van der Waals surface area contributed by atoms with Crippen molar-refractivity contribution in [3.05, 3.63) is 11.4 Å². The molecular weight excluding hydrogens is 160 g/mol. The molecule has 0 saturated heterocycles. The second-order valence-corrected chi connectivity index (χ2v) is 3.56. The van der Waals surface area contributed by atoms with Gasteiger partial charge in [-0.1, -0.05) is 0 Å². The van der Waals surface area contributed by atoms with Crippen LogP contribution in [0.4, 0.5) is 0 Å². The molecule has 4 nitrogen and oxygen atoms in total. The van der Waals surface area contributed by atoms with Crippen LogP contribution >= 0.6 is 0 Å². The van der Waals surface area contributed by atoms with E-state index < -0.39 is 9.76 Å². The normalized spacial score (nSPS) is 9.91. The highest BCUT2D eigenvalue weighted by molar-refractivity contribution is 6.27. The SMILES string of the molecule is [C-]#[N+]CC(=O)N(C)C[SiH2]OC. The lowest BCUT2D eigenvalue weighted by Crippen LogP contribution is -2.32. The Morgan fingerprint density at radius 1 is 1.82 bits per heavy atom. The molecule has 1 amide bonds. The number of carbonyl (C=O) groups excluding carboxylic acids is 1. The summed E-state index contributed by atoms with van der Waals surface area (Å²) in [6.07, 6.45) is 0.685. The van der Waals surface area contributed by atoms with Crippen molar-refractivity contribution in [1.29, 1.82) is 0 Å². The van der Waals surface area contributed by atoms with E-state index in [1.54, 1.807) is 19.1 Å². The van der Waals surface area contributed by atoms with Crippen LogP contribution < -0.4 is 0 Å². The molecule has 0 spiro atoms. The average molecular weight is 172 g/mol. The van der Waals surface area contributed by atoms with Gasteiger partial charge in [0.25, 0.3) is 6.54 Å². The second kappa shape index (κ2) is 5.89. The molecule has 0 aliphatic heterocycles. The number of hydrogen-bond acceptors (Lipinski definition) is 2. The van der Waals surface area contributed by atoms with Crippen LogP contribution in [0.15, 0.2) is 0 Å². The Hall–Kier alpha value is -0.863. The van der Waals surface area contributed by atoms with Crippen molar-refractivity contribution >= 4 is 15.7 Å². The minimum atomic E-state index is -0.583. The molecule has 0 bridgehead atoms. The first-order chi connectivity index (χ1) is 5.22. The summed E-state index contributed by atoms with van der Waals surface area (Å²) in [4.78, 5) is 15.5. The summed E-state index contributed by atoms with van der Waals surface area (Å²) in [5.41, 5.74) is 0. The lowest BCUT2D eigenvalue weighted by atomic mass is 10.6. The van der Waals surface area contributed by atoms with E-state index in [4.69, 9.17) is 11.0 Å². The van der Waals surface area contributed by atoms with Crippen molar-refractivity contribution in [3.63, 3.8) is 0 Å². The van der Waals surface area contributed by atoms with E-state index in [1.165, 1.54) is 0 Å². The van der Waals surface area contributed by atoms with Crippen molar-refractivity contribution in [2.75, 3.05) is 26.9 Å². The van der Waals surface area contributed by atoms with E-state index in [9.17, 15) is 4.79 Å². The standard InChI is InChI=1S/C6H12N2O2Si/c1-7-4-6(9)8(2)5-11-10-3/h4-5,11H2,2-3H3. The van der Waals surface area contributed by atoms with Gasteiger partial charge in [0.15, 0.2) is 9.76 Å². The van der Waals surface area contributed by atoms with Crippen LogP contribution in [0.3, 0.4) is 0 Å². The topological polar surface area (TPSA) is 33.9 Å². The smallest absolute Gasteiger partial charge is 0.302 e. The first-order valence-corrected chi connectivity index (χ1v) is 4.86. The molecule has 62 valence electrons. The largest absolute Gasteiger partial charge is 0.425 e. The Morgan fingerprint density at radius 2 is 2.45 bits per heavy atom. The Bertz CT molecular complexity index is 166. The van der Waals surface area contributed by atoms with Gasteiger partial charge in [0.2, 0.25) is 0 Å². The first kappa shape index (κ1) is 10.1. The van der Waals surface area contributed by atoms with E-state index in [-0.39, 0.29) is 12.5 Å². The zero-order valence-corrected chi connectivity index (χ0v) is 8.25. The summed E-state index contributed by atoms with van der Waals surface area (Å²) in [6, 6.07) is 0. The quantitative estimate of drug-likeness (QED) is 0.405. The molecule has 11 heavy (non-hydrogen) atoms. The van der Waals surface area contributed by atoms with Crippen molar-refractivity contribution in [3.8, 4) is 0 Å². The maximum atomic E-state index is 10.9. The molecule has 0 aliphatic carbocycles. The molecule has 0 aromatic rings. The fourth-order valence-electron chi connectivity index (χ4n) is 0.541. The fraction of sp³-hybridized carbons (Fsp3) is 0.667. The summed E-state index contributed by atoms with van der Waals surface area (Å²) < 4.78 is 4.91. The average Bonchev–Trinajstić information content (AvgIpc) is 2.00. The van der Waals surface area contributed by atoms with Crippen molar-refractivity contribution < 1.29 is 9.22 Å². The van der Waals surface area contributed by atoms with Gasteiger partial charge in [0, 0.05) is 20.3 Å². The Morgan fingerprint density at radius 3 is 2.91 bits per heavy atom. The van der Waals surface area contributed by atoms with E-state index in [2.05, 4.69) is 4.85 Å². The zero-order valence-electron chi connectivity index (χ0n) is 6.83. The van der Waals surface area contributed by atoms with Crippen LogP contribution in [-0.2, 0) is 9.22 Å². The van der Waals surface area contributed by atoms with Crippen LogP contribution in [0.1, 0.15) is 0 Å². The molecule has 0 aliphatic rings. The molecule has 0 N–H and O–H groups in total. The number of nitrogens with zero attached hydrogens (tertiary/aromatic N) is 2. The summed E-state index contributed by atoms with van der Waals surface area (Å²) in [7, 11) is 2.75. The van der Waals surface area contributed by atoms with Gasteiger partial charge in [-0.2, -0.15) is 0 Å². The third-order valence-electron chi connectivity index (χ3n) is 1.27. The van der Waals surface area contributed by atoms with Crippen molar-refractivity contribution in [1.82, 2.24) is 4.90 Å². The Labute approximate surface area is 68.9 Å². The molecule has 0 heterocycles. The van der Waals surface area contributed by atoms with Crippen LogP contribution in [0.25, 0.3) is 4.85 Å². The summed E-state index contributed by atoms with van der Waals surface area (Å²) >= 11 is 0. The maximum absolute atomic E-state index is 10.9. The number of amides is 1. The predicted molar refractivity (Wildman–Crippen MR) is 44.7 cm³/mol. The lowest BCUT2D eigenvalue weighted by Gasteiger charge is -2.12. The third-order valence-corrected chi connectivity index (χ3v) is 2.53. The van der Waals surface area contributed by atoms with Crippen LogP contribution in [0.2, 0.25) is 0 Å². The number of carbonyl (C=O) groups is 1. The monoisotopic (exact) mass is 172 g/mol. The van der Waals surface area contributed by atoms with E-state index in [1.807, 2.05) is 0 Å². The third kappa shape index (κ3) is 4.53. The summed E-state index contributed by atoms with van der Waals surface area (Å²) in [5.74, 6) is -0.121. The molecule has 5 heteroatoms. The maximum Gasteiger partial charge on any atom is 0.302 e. The minimum Gasteiger partial charge on any atom is -0.425 e. The first-order valence-electron chi connectivity index (χ1n) is 3.28. The van der Waals surface area contributed by atoms with Gasteiger partial charge in [-0.15, -0.1) is 0 Å². The molecule has 0 aromatic carbocycles. The van der Waals surface area contributed by atoms with Gasteiger partial charge in [-0.05, 0) is 0 Å². The predicted octanol–water partition coefficient (Wildman–Crippen LogP) is -0.948. The summed E-state index contributed by atoms with van der Waals surface area (Å²) in [5, 5.41) is 0. The van der Waals surface area contributed by atoms with Gasteiger partial charge in [-0.25, -0.2) is 6.57 Å². The highest BCUT2D eigenvalue weighted by Crippen LogP contribution is 1.84. The van der Waals surface area contributed by atoms with E-state index >= 15 is 0 Å². The fourth-order valence-corrected chi connectivity index (χ4v) is 1.25. The second-order valence-electron chi connectivity index (χ2n) is 2.12. The Balaban J connectivity index is 3.57. The lowest BCUT2D eigenvalue weighted by molar-refractivity contribution is -0.127. The van der Waals surface area contributed by atoms with Gasteiger partial charge < -0.3 is 14.2 Å². The van der Waals surface area contributed by atoms with E-state index in [0.717, 1.165) is 0 Å². The van der Waals surface area contributed by atoms with E-state index in [0.29, 0.717) is 6.17 Å². The molecule has 0 unspecified atom stereocenters. The van der Waals surface area contributed by atoms with Crippen molar-refractivity contribution in [2.45, 2.75) is 0 Å². The molecular formula is C6H12N2O2Si. The highest BCUT2D eigenvalue weighted by Gasteiger charge is 2.09. The molecule has 0 saturated carbocycles. The van der Waals surface area contributed by atoms with Crippen LogP contribution in [-0.4, -0.2) is 47.4 Å². The molecule has 0 radical (unpaired) electrons. The number of hydrogen-bond donors (Lipinski definition) is 0. The van der Waals surface area contributed by atoms with Crippen molar-refractivity contribution in [2.24, 2.45) is 0 Å². The van der Waals surface area contributed by atoms with Gasteiger partial charge >= 0.3 is 5.91 Å². The highest BCUT2D eigenvalue weighted by atomic mass is 28.2. The Kier molecular flexibility index (Phi) is 5.43. The zero-order chi connectivity index (χ0) is 8.69. The molecule has 0 rings (SSSR count). The summed E-state index contributed by atoms with van der Waals surface area (Å²) in [6.45, 7) is 6.41.